The highest BCUT2D eigenvalue weighted by molar-refractivity contribution is 6.02. The van der Waals surface area contributed by atoms with E-state index < -0.39 is 29.6 Å². The van der Waals surface area contributed by atoms with Gasteiger partial charge in [0.25, 0.3) is 0 Å². The van der Waals surface area contributed by atoms with Gasteiger partial charge in [0.15, 0.2) is 0 Å². The number of para-hydroxylation sites is 1. The Hall–Kier alpha value is -1.77. The van der Waals surface area contributed by atoms with Gasteiger partial charge in [-0.25, -0.2) is 8.78 Å². The number of carbonyl (C=O) groups excluding carboxylic acids is 2. The van der Waals surface area contributed by atoms with Gasteiger partial charge >= 0.3 is 0 Å². The lowest BCUT2D eigenvalue weighted by atomic mass is 10.1. The minimum Gasteiger partial charge on any atom is -0.375 e. The summed E-state index contributed by atoms with van der Waals surface area (Å²) < 4.78 is 33.1. The van der Waals surface area contributed by atoms with Crippen LogP contribution in [0.3, 0.4) is 0 Å². The van der Waals surface area contributed by atoms with E-state index >= 15 is 0 Å². The molecule has 3 rings (SSSR count). The van der Waals surface area contributed by atoms with Crippen LogP contribution in [0, 0.1) is 11.6 Å². The van der Waals surface area contributed by atoms with Gasteiger partial charge in [-0.3, -0.25) is 9.59 Å². The van der Waals surface area contributed by atoms with Crippen LogP contribution in [0.4, 0.5) is 14.5 Å². The first-order valence-corrected chi connectivity index (χ1v) is 7.90. The van der Waals surface area contributed by atoms with Crippen LogP contribution >= 0.6 is 12.4 Å². The lowest BCUT2D eigenvalue weighted by Crippen LogP contribution is -2.57. The summed E-state index contributed by atoms with van der Waals surface area (Å²) in [7, 11) is 0. The maximum Gasteiger partial charge on any atom is 0.249 e. The number of hydrogen-bond acceptors (Lipinski definition) is 4. The van der Waals surface area contributed by atoms with Crippen LogP contribution in [0.2, 0.25) is 0 Å². The van der Waals surface area contributed by atoms with E-state index in [4.69, 9.17) is 4.74 Å². The first kappa shape index (κ1) is 19.6. The van der Waals surface area contributed by atoms with Gasteiger partial charge in [0, 0.05) is 13.1 Å². The van der Waals surface area contributed by atoms with Crippen LogP contribution in [-0.4, -0.2) is 49.7 Å². The van der Waals surface area contributed by atoms with E-state index in [0.29, 0.717) is 19.6 Å². The molecule has 2 aliphatic heterocycles. The largest absolute Gasteiger partial charge is 0.375 e. The van der Waals surface area contributed by atoms with Crippen molar-refractivity contribution >= 4 is 29.9 Å². The molecule has 2 N–H and O–H groups in total. The summed E-state index contributed by atoms with van der Waals surface area (Å²) in [6.45, 7) is 2.99. The second-order valence-electron chi connectivity index (χ2n) is 5.92. The van der Waals surface area contributed by atoms with E-state index in [2.05, 4.69) is 10.6 Å². The molecule has 1 unspecified atom stereocenters. The Labute approximate surface area is 150 Å². The zero-order valence-electron chi connectivity index (χ0n) is 13.6. The first-order valence-electron chi connectivity index (χ1n) is 7.90. The molecule has 0 aromatic heterocycles. The van der Waals surface area contributed by atoms with Gasteiger partial charge < -0.3 is 20.3 Å². The number of carbonyl (C=O) groups is 2. The van der Waals surface area contributed by atoms with E-state index in [1.807, 2.05) is 0 Å². The molecular weight excluding hydrogens is 356 g/mol. The third-order valence-electron chi connectivity index (χ3n) is 4.33. The molecule has 3 atom stereocenters. The molecule has 25 heavy (non-hydrogen) atoms. The second kappa shape index (κ2) is 8.07. The van der Waals surface area contributed by atoms with Crippen molar-refractivity contribution in [3.05, 3.63) is 29.8 Å². The van der Waals surface area contributed by atoms with Gasteiger partial charge in [0.05, 0.1) is 12.7 Å². The molecule has 138 valence electrons. The van der Waals surface area contributed by atoms with Crippen LogP contribution in [0.15, 0.2) is 18.2 Å². The van der Waals surface area contributed by atoms with Crippen LogP contribution < -0.4 is 15.5 Å². The van der Waals surface area contributed by atoms with E-state index in [0.717, 1.165) is 17.0 Å². The Morgan fingerprint density at radius 1 is 1.36 bits per heavy atom. The fourth-order valence-corrected chi connectivity index (χ4v) is 3.07. The van der Waals surface area contributed by atoms with Crippen molar-refractivity contribution in [1.82, 2.24) is 10.6 Å². The van der Waals surface area contributed by atoms with Gasteiger partial charge in [-0.1, -0.05) is 6.07 Å². The minimum atomic E-state index is -0.800. The highest BCUT2D eigenvalue weighted by Crippen LogP contribution is 2.27. The lowest BCUT2D eigenvalue weighted by molar-refractivity contribution is -0.132. The second-order valence-corrected chi connectivity index (χ2v) is 5.92. The average Bonchev–Trinajstić information content (AvgIpc) is 2.89. The van der Waals surface area contributed by atoms with Gasteiger partial charge in [0.2, 0.25) is 11.8 Å². The number of rotatable bonds is 3. The van der Waals surface area contributed by atoms with Gasteiger partial charge in [0.1, 0.15) is 29.4 Å². The van der Waals surface area contributed by atoms with Gasteiger partial charge in [-0.05, 0) is 25.5 Å². The maximum atomic E-state index is 13.9. The Morgan fingerprint density at radius 2 is 2.04 bits per heavy atom. The van der Waals surface area contributed by atoms with Crippen LogP contribution in [0.25, 0.3) is 0 Å². The summed E-state index contributed by atoms with van der Waals surface area (Å²) in [6, 6.07) is 2.09. The summed E-state index contributed by atoms with van der Waals surface area (Å²) in [5, 5.41) is 5.69. The van der Waals surface area contributed by atoms with E-state index in [1.54, 1.807) is 6.92 Å². The maximum absolute atomic E-state index is 13.9. The lowest BCUT2D eigenvalue weighted by Gasteiger charge is -2.30. The van der Waals surface area contributed by atoms with Crippen molar-refractivity contribution in [3.8, 4) is 0 Å². The number of halogens is 3. The Balaban J connectivity index is 0.00000225. The number of nitrogens with zero attached hydrogens (tertiary/aromatic N) is 1. The molecule has 0 bridgehead atoms. The highest BCUT2D eigenvalue weighted by Gasteiger charge is 2.38. The molecule has 0 aliphatic carbocycles. The zero-order chi connectivity index (χ0) is 17.3. The molecule has 2 aliphatic rings. The monoisotopic (exact) mass is 375 g/mol. The van der Waals surface area contributed by atoms with Crippen molar-refractivity contribution in [2.75, 3.05) is 24.6 Å². The molecular formula is C16H20ClF2N3O3. The third-order valence-corrected chi connectivity index (χ3v) is 4.33. The number of anilines is 1. The fraction of sp³-hybridized carbons (Fsp3) is 0.500. The quantitative estimate of drug-likeness (QED) is 0.826. The third kappa shape index (κ3) is 3.91. The van der Waals surface area contributed by atoms with Crippen LogP contribution in [0.1, 0.15) is 13.3 Å². The van der Waals surface area contributed by atoms with Crippen molar-refractivity contribution in [2.24, 2.45) is 0 Å². The molecule has 0 spiro atoms. The molecule has 2 amide bonds. The number of ether oxygens (including phenoxy) is 1. The summed E-state index contributed by atoms with van der Waals surface area (Å²) in [6.07, 6.45) is -0.0179. The molecule has 9 heteroatoms. The predicted molar refractivity (Wildman–Crippen MR) is 89.7 cm³/mol. The van der Waals surface area contributed by atoms with Crippen molar-refractivity contribution in [3.63, 3.8) is 0 Å². The summed E-state index contributed by atoms with van der Waals surface area (Å²) in [4.78, 5) is 25.8. The smallest absolute Gasteiger partial charge is 0.249 e. The van der Waals surface area contributed by atoms with Crippen molar-refractivity contribution < 1.29 is 23.1 Å². The molecule has 6 nitrogen and oxygen atoms in total. The topological polar surface area (TPSA) is 70.7 Å². The molecule has 0 radical (unpaired) electrons. The summed E-state index contributed by atoms with van der Waals surface area (Å²) >= 11 is 0. The highest BCUT2D eigenvalue weighted by atomic mass is 35.5. The van der Waals surface area contributed by atoms with Crippen molar-refractivity contribution in [1.29, 1.82) is 0 Å². The molecule has 2 saturated heterocycles. The SMILES string of the molecule is C[C@H]1OCCN[C@@H]1C(=O)NC1CCN(c2c(F)cccc2F)C1=O.Cl. The zero-order valence-corrected chi connectivity index (χ0v) is 14.4. The fourth-order valence-electron chi connectivity index (χ4n) is 3.07. The minimum absolute atomic E-state index is 0. The number of morpholine rings is 1. The number of hydrogen-bond donors (Lipinski definition) is 2. The average molecular weight is 376 g/mol. The first-order chi connectivity index (χ1) is 11.5. The van der Waals surface area contributed by atoms with Crippen LogP contribution in [0.5, 0.6) is 0 Å². The van der Waals surface area contributed by atoms with Gasteiger partial charge in [-0.15, -0.1) is 12.4 Å². The van der Waals surface area contributed by atoms with Gasteiger partial charge in [-0.2, -0.15) is 0 Å². The normalized spacial score (nSPS) is 26.3. The molecule has 2 heterocycles. The molecule has 0 saturated carbocycles. The standard InChI is InChI=1S/C16H19F2N3O3.ClH/c1-9-13(19-6-8-24-9)15(22)20-12-5-7-21(16(12)23)14-10(17)3-2-4-11(14)18;/h2-4,9,12-13,19H,5-8H2,1H3,(H,20,22);1H/t9-,12?,13+;/m1./s1. The van der Waals surface area contributed by atoms with E-state index in [9.17, 15) is 18.4 Å². The van der Waals surface area contributed by atoms with Crippen molar-refractivity contribution in [2.45, 2.75) is 31.5 Å². The Morgan fingerprint density at radius 3 is 2.68 bits per heavy atom. The molecule has 1 aromatic carbocycles. The molecule has 2 fully saturated rings. The molecule has 1 aromatic rings. The predicted octanol–water partition coefficient (Wildman–Crippen LogP) is 0.985. The van der Waals surface area contributed by atoms with E-state index in [-0.39, 0.29) is 36.7 Å². The number of amides is 2. The summed E-state index contributed by atoms with van der Waals surface area (Å²) in [5.41, 5.74) is -0.369. The Kier molecular flexibility index (Phi) is 6.31. The number of nitrogens with one attached hydrogen (secondary N) is 2. The number of benzene rings is 1. The summed E-state index contributed by atoms with van der Waals surface area (Å²) in [5.74, 6) is -2.47. The Bertz CT molecular complexity index is 641. The van der Waals surface area contributed by atoms with Crippen LogP contribution in [-0.2, 0) is 14.3 Å². The van der Waals surface area contributed by atoms with E-state index in [1.165, 1.54) is 6.07 Å².